The quantitative estimate of drug-likeness (QED) is 0.382. The normalized spacial score (nSPS) is 12.5. The van der Waals surface area contributed by atoms with Gasteiger partial charge in [-0.3, -0.25) is 14.2 Å². The summed E-state index contributed by atoms with van der Waals surface area (Å²) in [5, 5.41) is 2.40. The number of benzene rings is 3. The Morgan fingerprint density at radius 3 is 2.15 bits per heavy atom. The van der Waals surface area contributed by atoms with E-state index < -0.39 is 28.6 Å². The highest BCUT2D eigenvalue weighted by Gasteiger charge is 2.35. The number of pyridine rings is 1. The first-order valence-electron chi connectivity index (χ1n) is 10.9. The van der Waals surface area contributed by atoms with Gasteiger partial charge in [0.25, 0.3) is 11.5 Å². The number of alkyl halides is 3. The second-order valence-corrected chi connectivity index (χ2v) is 8.01. The van der Waals surface area contributed by atoms with E-state index in [1.807, 2.05) is 37.3 Å². The molecule has 174 valence electrons. The molecule has 0 unspecified atom stereocenters. The van der Waals surface area contributed by atoms with Crippen LogP contribution in [-0.2, 0) is 6.18 Å². The summed E-state index contributed by atoms with van der Waals surface area (Å²) in [7, 11) is 0. The lowest BCUT2D eigenvalue weighted by atomic mass is 9.97. The third kappa shape index (κ3) is 4.21. The molecule has 0 fully saturated rings. The molecule has 1 heterocycles. The van der Waals surface area contributed by atoms with Crippen molar-refractivity contribution >= 4 is 16.7 Å². The van der Waals surface area contributed by atoms with Crippen LogP contribution in [0.3, 0.4) is 0 Å². The van der Waals surface area contributed by atoms with Crippen LogP contribution in [0.2, 0.25) is 0 Å². The van der Waals surface area contributed by atoms with Crippen LogP contribution in [0.25, 0.3) is 16.5 Å². The molecular formula is C27H23F3N2O2. The van der Waals surface area contributed by atoms with E-state index in [0.29, 0.717) is 12.1 Å². The average Bonchev–Trinajstić information content (AvgIpc) is 2.83. The molecule has 1 atom stereocenters. The summed E-state index contributed by atoms with van der Waals surface area (Å²) in [5.74, 6) is -0.540. The summed E-state index contributed by atoms with van der Waals surface area (Å²) in [6.07, 6.45) is -4.18. The van der Waals surface area contributed by atoms with Gasteiger partial charge in [-0.05, 0) is 37.1 Å². The van der Waals surface area contributed by atoms with Gasteiger partial charge < -0.3 is 5.32 Å². The number of amides is 1. The maximum Gasteiger partial charge on any atom is 0.417 e. The lowest BCUT2D eigenvalue weighted by Crippen LogP contribution is -2.32. The molecule has 1 aromatic heterocycles. The van der Waals surface area contributed by atoms with Gasteiger partial charge in [0, 0.05) is 16.8 Å². The molecule has 0 aliphatic rings. The minimum Gasteiger partial charge on any atom is -0.345 e. The molecule has 0 spiro atoms. The van der Waals surface area contributed by atoms with Crippen LogP contribution in [0.15, 0.2) is 83.7 Å². The van der Waals surface area contributed by atoms with Crippen molar-refractivity contribution in [2.45, 2.75) is 32.5 Å². The molecule has 0 radical (unpaired) electrons. The summed E-state index contributed by atoms with van der Waals surface area (Å²) >= 11 is 0. The Labute approximate surface area is 194 Å². The molecule has 7 heteroatoms. The fourth-order valence-corrected chi connectivity index (χ4v) is 4.31. The van der Waals surface area contributed by atoms with Crippen LogP contribution in [0.5, 0.6) is 0 Å². The number of carbonyl (C=O) groups is 1. The van der Waals surface area contributed by atoms with Gasteiger partial charge in [0.15, 0.2) is 0 Å². The zero-order valence-electron chi connectivity index (χ0n) is 18.7. The average molecular weight is 464 g/mol. The molecule has 1 amide bonds. The number of carbonyl (C=O) groups excluding carboxylic acids is 1. The predicted molar refractivity (Wildman–Crippen MR) is 126 cm³/mol. The number of halogens is 3. The van der Waals surface area contributed by atoms with Crippen LogP contribution >= 0.6 is 0 Å². The predicted octanol–water partition coefficient (Wildman–Crippen LogP) is 6.20. The molecule has 34 heavy (non-hydrogen) atoms. The number of hydrogen-bond acceptors (Lipinski definition) is 2. The van der Waals surface area contributed by atoms with Gasteiger partial charge in [-0.2, -0.15) is 13.2 Å². The maximum atomic E-state index is 13.9. The maximum absolute atomic E-state index is 13.9. The van der Waals surface area contributed by atoms with Crippen molar-refractivity contribution in [3.63, 3.8) is 0 Å². The minimum absolute atomic E-state index is 0.0232. The SMILES string of the molecule is CC[C@H](NC(=O)c1c(C)n(-c2ccccc2)c(=O)c2c(C(F)(F)F)cccc12)c1ccccc1. The van der Waals surface area contributed by atoms with Gasteiger partial charge >= 0.3 is 6.18 Å². The third-order valence-corrected chi connectivity index (χ3v) is 5.91. The van der Waals surface area contributed by atoms with Gasteiger partial charge in [-0.1, -0.05) is 67.6 Å². The lowest BCUT2D eigenvalue weighted by Gasteiger charge is -2.22. The van der Waals surface area contributed by atoms with Gasteiger partial charge in [0.2, 0.25) is 0 Å². The minimum atomic E-state index is -4.76. The molecule has 0 aliphatic carbocycles. The van der Waals surface area contributed by atoms with E-state index in [-0.39, 0.29) is 22.7 Å². The van der Waals surface area contributed by atoms with Gasteiger partial charge in [-0.25, -0.2) is 0 Å². The first-order chi connectivity index (χ1) is 16.2. The summed E-state index contributed by atoms with van der Waals surface area (Å²) in [5.41, 5.74) is -0.315. The van der Waals surface area contributed by atoms with E-state index in [0.717, 1.165) is 11.6 Å². The Hall–Kier alpha value is -3.87. The van der Waals surface area contributed by atoms with Crippen LogP contribution in [-0.4, -0.2) is 10.5 Å². The molecule has 0 saturated heterocycles. The van der Waals surface area contributed by atoms with E-state index in [1.165, 1.54) is 16.7 Å². The molecule has 4 rings (SSSR count). The number of nitrogens with zero attached hydrogens (tertiary/aromatic N) is 1. The van der Waals surface area contributed by atoms with E-state index in [2.05, 4.69) is 5.32 Å². The fourth-order valence-electron chi connectivity index (χ4n) is 4.31. The fraction of sp³-hybridized carbons (Fsp3) is 0.185. The van der Waals surface area contributed by atoms with Gasteiger partial charge in [-0.15, -0.1) is 0 Å². The Kier molecular flexibility index (Phi) is 6.28. The number of fused-ring (bicyclic) bond motifs is 1. The van der Waals surface area contributed by atoms with Crippen molar-refractivity contribution in [1.82, 2.24) is 9.88 Å². The molecule has 4 nitrogen and oxygen atoms in total. The van der Waals surface area contributed by atoms with Crippen molar-refractivity contribution in [2.75, 3.05) is 0 Å². The second-order valence-electron chi connectivity index (χ2n) is 8.01. The molecular weight excluding hydrogens is 441 g/mol. The standard InChI is InChI=1S/C27H23F3N2O2/c1-3-22(18-11-6-4-7-12-18)31-25(33)23-17(2)32(19-13-8-5-9-14-19)26(34)24-20(23)15-10-16-21(24)27(28,29)30/h4-16,22H,3H2,1-2H3,(H,31,33)/t22-/m0/s1. The highest BCUT2D eigenvalue weighted by Crippen LogP contribution is 2.35. The van der Waals surface area contributed by atoms with Crippen LogP contribution in [0.4, 0.5) is 13.2 Å². The van der Waals surface area contributed by atoms with Crippen LogP contribution in [0.1, 0.15) is 46.6 Å². The molecule has 0 saturated carbocycles. The van der Waals surface area contributed by atoms with E-state index in [9.17, 15) is 22.8 Å². The Morgan fingerprint density at radius 2 is 1.56 bits per heavy atom. The van der Waals surface area contributed by atoms with Crippen molar-refractivity contribution < 1.29 is 18.0 Å². The topological polar surface area (TPSA) is 51.1 Å². The molecule has 1 N–H and O–H groups in total. The monoisotopic (exact) mass is 464 g/mol. The smallest absolute Gasteiger partial charge is 0.345 e. The number of rotatable bonds is 5. The molecule has 0 bridgehead atoms. The summed E-state index contributed by atoms with van der Waals surface area (Å²) < 4.78 is 42.9. The molecule has 4 aromatic rings. The van der Waals surface area contributed by atoms with E-state index in [4.69, 9.17) is 0 Å². The van der Waals surface area contributed by atoms with Crippen LogP contribution in [0, 0.1) is 6.92 Å². The zero-order chi connectivity index (χ0) is 24.5. The first-order valence-corrected chi connectivity index (χ1v) is 10.9. The van der Waals surface area contributed by atoms with Crippen molar-refractivity contribution in [1.29, 1.82) is 0 Å². The Morgan fingerprint density at radius 1 is 0.941 bits per heavy atom. The van der Waals surface area contributed by atoms with Crippen molar-refractivity contribution in [2.24, 2.45) is 0 Å². The number of aromatic nitrogens is 1. The highest BCUT2D eigenvalue weighted by molar-refractivity contribution is 6.08. The second kappa shape index (κ2) is 9.17. The zero-order valence-corrected chi connectivity index (χ0v) is 18.7. The molecule has 3 aromatic carbocycles. The summed E-state index contributed by atoms with van der Waals surface area (Å²) in [4.78, 5) is 27.0. The summed E-state index contributed by atoms with van der Waals surface area (Å²) in [6.45, 7) is 3.49. The number of nitrogens with one attached hydrogen (secondary N) is 1. The largest absolute Gasteiger partial charge is 0.417 e. The van der Waals surface area contributed by atoms with Crippen LogP contribution < -0.4 is 10.9 Å². The third-order valence-electron chi connectivity index (χ3n) is 5.91. The van der Waals surface area contributed by atoms with Gasteiger partial charge in [0.05, 0.1) is 22.6 Å². The van der Waals surface area contributed by atoms with Crippen molar-refractivity contribution in [3.8, 4) is 5.69 Å². The number of para-hydroxylation sites is 1. The summed E-state index contributed by atoms with van der Waals surface area (Å²) in [6, 6.07) is 20.8. The Bertz CT molecular complexity index is 1400. The number of hydrogen-bond donors (Lipinski definition) is 1. The lowest BCUT2D eigenvalue weighted by molar-refractivity contribution is -0.136. The van der Waals surface area contributed by atoms with E-state index in [1.54, 1.807) is 37.3 Å². The molecule has 0 aliphatic heterocycles. The van der Waals surface area contributed by atoms with Gasteiger partial charge in [0.1, 0.15) is 0 Å². The first kappa shape index (κ1) is 23.3. The Balaban J connectivity index is 1.99. The van der Waals surface area contributed by atoms with E-state index >= 15 is 0 Å². The highest BCUT2D eigenvalue weighted by atomic mass is 19.4. The van der Waals surface area contributed by atoms with Crippen molar-refractivity contribution in [3.05, 3.63) is 112 Å².